The fourth-order valence-electron chi connectivity index (χ4n) is 2.23. The molecule has 0 saturated heterocycles. The summed E-state index contributed by atoms with van der Waals surface area (Å²) < 4.78 is 24.0. The molecule has 0 spiro atoms. The average Bonchev–Trinajstić information content (AvgIpc) is 2.60. The van der Waals surface area contributed by atoms with Crippen LogP contribution in [0.1, 0.15) is 11.6 Å². The highest BCUT2D eigenvalue weighted by molar-refractivity contribution is 5.82. The smallest absolute Gasteiger partial charge is 0.265 e. The van der Waals surface area contributed by atoms with E-state index in [9.17, 15) is 14.4 Å². The van der Waals surface area contributed by atoms with Crippen LogP contribution in [0, 0.1) is 17.1 Å². The number of nitriles is 1. The molecule has 2 atom stereocenters. The fourth-order valence-corrected chi connectivity index (χ4v) is 2.23. The number of carbonyl (C=O) groups is 1. The summed E-state index contributed by atoms with van der Waals surface area (Å²) in [4.78, 5) is 12.3. The van der Waals surface area contributed by atoms with Crippen LogP contribution in [0.3, 0.4) is 0 Å². The highest BCUT2D eigenvalue weighted by atomic mass is 19.1. The van der Waals surface area contributed by atoms with Gasteiger partial charge in [-0.25, -0.2) is 4.39 Å². The monoisotopic (exact) mass is 312 g/mol. The molecule has 2 aromatic rings. The molecule has 1 N–H and O–H groups in total. The minimum absolute atomic E-state index is 0.0599. The van der Waals surface area contributed by atoms with E-state index in [1.807, 2.05) is 12.1 Å². The zero-order valence-electron chi connectivity index (χ0n) is 12.0. The number of hydrogen-bond acceptors (Lipinski definition) is 4. The van der Waals surface area contributed by atoms with Crippen molar-refractivity contribution in [1.29, 1.82) is 5.26 Å². The minimum Gasteiger partial charge on any atom is -0.485 e. The molecule has 5 nitrogen and oxygen atoms in total. The third-order valence-corrected chi connectivity index (χ3v) is 3.42. The minimum atomic E-state index is -0.885. The van der Waals surface area contributed by atoms with Gasteiger partial charge in [0.2, 0.25) is 6.10 Å². The molecule has 0 fully saturated rings. The summed E-state index contributed by atoms with van der Waals surface area (Å²) in [5.74, 6) is 0.189. The molecular formula is C17H13FN2O3. The Morgan fingerprint density at radius 1 is 1.22 bits per heavy atom. The molecule has 0 bridgehead atoms. The molecule has 1 aliphatic rings. The first-order valence-corrected chi connectivity index (χ1v) is 7.01. The molecule has 1 heterocycles. The van der Waals surface area contributed by atoms with Crippen molar-refractivity contribution in [3.05, 3.63) is 59.9 Å². The lowest BCUT2D eigenvalue weighted by molar-refractivity contribution is -0.130. The zero-order chi connectivity index (χ0) is 16.2. The predicted octanol–water partition coefficient (Wildman–Crippen LogP) is 2.35. The van der Waals surface area contributed by atoms with Crippen molar-refractivity contribution in [3.63, 3.8) is 0 Å². The van der Waals surface area contributed by atoms with Crippen LogP contribution in [-0.4, -0.2) is 18.6 Å². The molecule has 1 aliphatic heterocycles. The number of rotatable bonds is 3. The van der Waals surface area contributed by atoms with Crippen molar-refractivity contribution in [1.82, 2.24) is 5.32 Å². The van der Waals surface area contributed by atoms with Crippen LogP contribution in [0.2, 0.25) is 0 Å². The molecule has 1 amide bonds. The topological polar surface area (TPSA) is 71.4 Å². The summed E-state index contributed by atoms with van der Waals surface area (Å²) in [6.07, 6.45) is -0.846. The zero-order valence-corrected chi connectivity index (χ0v) is 12.0. The SMILES string of the molecule is N#C[C@@H](NC(=O)[C@H]1COc2ccccc2O1)c1ccc(F)cc1. The van der Waals surface area contributed by atoms with Gasteiger partial charge in [0, 0.05) is 0 Å². The normalized spacial score (nSPS) is 17.0. The summed E-state index contributed by atoms with van der Waals surface area (Å²) in [6, 6.07) is 13.5. The second-order valence-corrected chi connectivity index (χ2v) is 4.99. The van der Waals surface area contributed by atoms with Gasteiger partial charge in [0.15, 0.2) is 11.5 Å². The molecule has 23 heavy (non-hydrogen) atoms. The van der Waals surface area contributed by atoms with Crippen molar-refractivity contribution in [2.75, 3.05) is 6.61 Å². The number of nitrogens with zero attached hydrogens (tertiary/aromatic N) is 1. The van der Waals surface area contributed by atoms with E-state index in [1.54, 1.807) is 18.2 Å². The standard InChI is InChI=1S/C17H13FN2O3/c18-12-7-5-11(6-8-12)13(9-19)20-17(21)16-10-22-14-3-1-2-4-15(14)23-16/h1-8,13,16H,10H2,(H,20,21)/t13-,16-/m1/s1. The average molecular weight is 312 g/mol. The Labute approximate surface area is 132 Å². The molecule has 6 heteroatoms. The number of benzene rings is 2. The van der Waals surface area contributed by atoms with E-state index >= 15 is 0 Å². The van der Waals surface area contributed by atoms with Gasteiger partial charge in [-0.3, -0.25) is 4.79 Å². The molecule has 0 unspecified atom stereocenters. The van der Waals surface area contributed by atoms with Crippen molar-refractivity contribution < 1.29 is 18.7 Å². The number of nitrogens with one attached hydrogen (secondary N) is 1. The summed E-state index contributed by atoms with van der Waals surface area (Å²) in [6.45, 7) is 0.0599. The maximum absolute atomic E-state index is 12.9. The summed E-state index contributed by atoms with van der Waals surface area (Å²) in [5, 5.41) is 11.8. The Hall–Kier alpha value is -3.07. The van der Waals surface area contributed by atoms with Gasteiger partial charge in [0.1, 0.15) is 18.5 Å². The number of amides is 1. The number of hydrogen-bond donors (Lipinski definition) is 1. The number of halogens is 1. The van der Waals surface area contributed by atoms with Gasteiger partial charge in [0.05, 0.1) is 6.07 Å². The van der Waals surface area contributed by atoms with Crippen LogP contribution < -0.4 is 14.8 Å². The molecule has 3 rings (SSSR count). The maximum atomic E-state index is 12.9. The van der Waals surface area contributed by atoms with E-state index in [1.165, 1.54) is 24.3 Å². The van der Waals surface area contributed by atoms with Crippen LogP contribution in [0.25, 0.3) is 0 Å². The molecular weight excluding hydrogens is 299 g/mol. The third kappa shape index (κ3) is 3.24. The van der Waals surface area contributed by atoms with Gasteiger partial charge in [-0.1, -0.05) is 24.3 Å². The summed E-state index contributed by atoms with van der Waals surface area (Å²) in [5.41, 5.74) is 0.499. The Morgan fingerprint density at radius 2 is 1.91 bits per heavy atom. The third-order valence-electron chi connectivity index (χ3n) is 3.42. The first-order chi connectivity index (χ1) is 11.2. The van der Waals surface area contributed by atoms with E-state index in [0.29, 0.717) is 17.1 Å². The second-order valence-electron chi connectivity index (χ2n) is 4.99. The van der Waals surface area contributed by atoms with Crippen LogP contribution >= 0.6 is 0 Å². The van der Waals surface area contributed by atoms with E-state index in [4.69, 9.17) is 9.47 Å². The highest BCUT2D eigenvalue weighted by Gasteiger charge is 2.29. The van der Waals surface area contributed by atoms with Crippen molar-refractivity contribution in [2.45, 2.75) is 12.1 Å². The summed E-state index contributed by atoms with van der Waals surface area (Å²) in [7, 11) is 0. The quantitative estimate of drug-likeness (QED) is 0.944. The largest absolute Gasteiger partial charge is 0.485 e. The van der Waals surface area contributed by atoms with Crippen LogP contribution in [-0.2, 0) is 4.79 Å². The molecule has 0 aliphatic carbocycles. The highest BCUT2D eigenvalue weighted by Crippen LogP contribution is 2.31. The predicted molar refractivity (Wildman–Crippen MR) is 79.2 cm³/mol. The van der Waals surface area contributed by atoms with Gasteiger partial charge in [-0.05, 0) is 29.8 Å². The lowest BCUT2D eigenvalue weighted by Crippen LogP contribution is -2.45. The van der Waals surface area contributed by atoms with Crippen molar-refractivity contribution in [2.24, 2.45) is 0 Å². The van der Waals surface area contributed by atoms with Crippen molar-refractivity contribution in [3.8, 4) is 17.6 Å². The van der Waals surface area contributed by atoms with Gasteiger partial charge >= 0.3 is 0 Å². The van der Waals surface area contributed by atoms with Crippen LogP contribution in [0.15, 0.2) is 48.5 Å². The van der Waals surface area contributed by atoms with Crippen molar-refractivity contribution >= 4 is 5.91 Å². The first-order valence-electron chi connectivity index (χ1n) is 7.01. The molecule has 2 aromatic carbocycles. The van der Waals surface area contributed by atoms with E-state index < -0.39 is 23.9 Å². The van der Waals surface area contributed by atoms with Crippen LogP contribution in [0.5, 0.6) is 11.5 Å². The lowest BCUT2D eigenvalue weighted by Gasteiger charge is -2.26. The molecule has 0 saturated carbocycles. The van der Waals surface area contributed by atoms with Gasteiger partial charge in [0.25, 0.3) is 5.91 Å². The molecule has 116 valence electrons. The van der Waals surface area contributed by atoms with Crippen LogP contribution in [0.4, 0.5) is 4.39 Å². The number of para-hydroxylation sites is 2. The molecule has 0 aromatic heterocycles. The lowest BCUT2D eigenvalue weighted by atomic mass is 10.1. The first kappa shape index (κ1) is 14.9. The summed E-state index contributed by atoms with van der Waals surface area (Å²) >= 11 is 0. The number of ether oxygens (including phenoxy) is 2. The van der Waals surface area contributed by atoms with Gasteiger partial charge < -0.3 is 14.8 Å². The fraction of sp³-hybridized carbons (Fsp3) is 0.176. The Morgan fingerprint density at radius 3 is 2.61 bits per heavy atom. The maximum Gasteiger partial charge on any atom is 0.265 e. The second kappa shape index (κ2) is 6.36. The van der Waals surface area contributed by atoms with Gasteiger partial charge in [-0.2, -0.15) is 5.26 Å². The Bertz CT molecular complexity index is 755. The van der Waals surface area contributed by atoms with Gasteiger partial charge in [-0.15, -0.1) is 0 Å². The number of fused-ring (bicyclic) bond motifs is 1. The Kier molecular flexibility index (Phi) is 4.11. The van der Waals surface area contributed by atoms with E-state index in [-0.39, 0.29) is 6.61 Å². The van der Waals surface area contributed by atoms with E-state index in [0.717, 1.165) is 0 Å². The number of carbonyl (C=O) groups excluding carboxylic acids is 1. The Balaban J connectivity index is 1.69. The molecule has 0 radical (unpaired) electrons. The van der Waals surface area contributed by atoms with E-state index in [2.05, 4.69) is 5.32 Å².